The minimum atomic E-state index is -0.351. The summed E-state index contributed by atoms with van der Waals surface area (Å²) < 4.78 is 10.5. The molecule has 116 valence electrons. The standard InChI is InChI=1S/C17H19NO4/c1-11(14-10-12(21-2)8-9-16(14)22-3)18-17(20)13-6-4-5-7-15(13)19/h4-11,19H,1-3H3,(H,18,20). The van der Waals surface area contributed by atoms with Crippen LogP contribution >= 0.6 is 0 Å². The van der Waals surface area contributed by atoms with E-state index in [1.807, 2.05) is 13.0 Å². The number of carbonyl (C=O) groups is 1. The monoisotopic (exact) mass is 301 g/mol. The smallest absolute Gasteiger partial charge is 0.255 e. The number of rotatable bonds is 5. The van der Waals surface area contributed by atoms with Crippen molar-refractivity contribution in [3.8, 4) is 17.2 Å². The van der Waals surface area contributed by atoms with Crippen LogP contribution in [0.15, 0.2) is 42.5 Å². The van der Waals surface area contributed by atoms with E-state index in [1.54, 1.807) is 44.6 Å². The molecule has 1 atom stereocenters. The molecule has 0 saturated carbocycles. The van der Waals surface area contributed by atoms with Crippen LogP contribution < -0.4 is 14.8 Å². The minimum Gasteiger partial charge on any atom is -0.507 e. The van der Waals surface area contributed by atoms with E-state index in [-0.39, 0.29) is 23.3 Å². The quantitative estimate of drug-likeness (QED) is 0.891. The number of nitrogens with one attached hydrogen (secondary N) is 1. The molecular formula is C17H19NO4. The summed E-state index contributed by atoms with van der Waals surface area (Å²) in [6.45, 7) is 1.84. The van der Waals surface area contributed by atoms with Crippen molar-refractivity contribution < 1.29 is 19.4 Å². The highest BCUT2D eigenvalue weighted by molar-refractivity contribution is 5.97. The van der Waals surface area contributed by atoms with Crippen molar-refractivity contribution in [1.29, 1.82) is 0 Å². The molecule has 2 aromatic rings. The average Bonchev–Trinajstić information content (AvgIpc) is 2.54. The predicted molar refractivity (Wildman–Crippen MR) is 83.5 cm³/mol. The zero-order chi connectivity index (χ0) is 16.1. The third-order valence-electron chi connectivity index (χ3n) is 3.40. The Kier molecular flexibility index (Phi) is 4.88. The van der Waals surface area contributed by atoms with Gasteiger partial charge in [0.1, 0.15) is 17.2 Å². The van der Waals surface area contributed by atoms with Crippen LogP contribution in [0.25, 0.3) is 0 Å². The average molecular weight is 301 g/mol. The van der Waals surface area contributed by atoms with E-state index < -0.39 is 0 Å². The molecule has 0 aliphatic carbocycles. The maximum atomic E-state index is 12.3. The largest absolute Gasteiger partial charge is 0.507 e. The zero-order valence-electron chi connectivity index (χ0n) is 12.8. The van der Waals surface area contributed by atoms with E-state index in [2.05, 4.69) is 5.32 Å². The van der Waals surface area contributed by atoms with Crippen molar-refractivity contribution in [3.05, 3.63) is 53.6 Å². The lowest BCUT2D eigenvalue weighted by atomic mass is 10.1. The number of methoxy groups -OCH3 is 2. The highest BCUT2D eigenvalue weighted by Crippen LogP contribution is 2.29. The first-order valence-electron chi connectivity index (χ1n) is 6.87. The summed E-state index contributed by atoms with van der Waals surface area (Å²) in [6.07, 6.45) is 0. The fourth-order valence-electron chi connectivity index (χ4n) is 2.20. The lowest BCUT2D eigenvalue weighted by Gasteiger charge is -2.18. The molecule has 5 heteroatoms. The van der Waals surface area contributed by atoms with Gasteiger partial charge in [-0.2, -0.15) is 0 Å². The number of ether oxygens (including phenoxy) is 2. The summed E-state index contributed by atoms with van der Waals surface area (Å²) in [5.41, 5.74) is 1.03. The molecule has 0 heterocycles. The van der Waals surface area contributed by atoms with Crippen LogP contribution in [-0.2, 0) is 0 Å². The van der Waals surface area contributed by atoms with Crippen molar-refractivity contribution in [2.24, 2.45) is 0 Å². The molecule has 0 saturated heterocycles. The van der Waals surface area contributed by atoms with E-state index in [4.69, 9.17) is 9.47 Å². The number of aromatic hydroxyl groups is 1. The molecule has 0 fully saturated rings. The van der Waals surface area contributed by atoms with E-state index >= 15 is 0 Å². The maximum Gasteiger partial charge on any atom is 0.255 e. The topological polar surface area (TPSA) is 67.8 Å². The Balaban J connectivity index is 2.23. The van der Waals surface area contributed by atoms with Gasteiger partial charge in [0.25, 0.3) is 5.91 Å². The molecule has 0 aromatic heterocycles. The molecule has 0 spiro atoms. The van der Waals surface area contributed by atoms with Gasteiger partial charge in [-0.3, -0.25) is 4.79 Å². The Bertz CT molecular complexity index is 669. The van der Waals surface area contributed by atoms with Crippen LogP contribution in [0.1, 0.15) is 28.9 Å². The molecule has 22 heavy (non-hydrogen) atoms. The van der Waals surface area contributed by atoms with Gasteiger partial charge in [0, 0.05) is 5.56 Å². The van der Waals surface area contributed by atoms with E-state index in [1.165, 1.54) is 6.07 Å². The van der Waals surface area contributed by atoms with E-state index in [0.717, 1.165) is 5.56 Å². The van der Waals surface area contributed by atoms with Crippen molar-refractivity contribution in [2.45, 2.75) is 13.0 Å². The van der Waals surface area contributed by atoms with Gasteiger partial charge in [-0.1, -0.05) is 12.1 Å². The number of carbonyl (C=O) groups excluding carboxylic acids is 1. The molecule has 2 rings (SSSR count). The van der Waals surface area contributed by atoms with Crippen LogP contribution in [0, 0.1) is 0 Å². The summed E-state index contributed by atoms with van der Waals surface area (Å²) >= 11 is 0. The fraction of sp³-hybridized carbons (Fsp3) is 0.235. The van der Waals surface area contributed by atoms with Gasteiger partial charge in [-0.05, 0) is 37.3 Å². The van der Waals surface area contributed by atoms with Gasteiger partial charge in [0.2, 0.25) is 0 Å². The number of hydrogen-bond donors (Lipinski definition) is 2. The first-order valence-corrected chi connectivity index (χ1v) is 6.87. The summed E-state index contributed by atoms with van der Waals surface area (Å²) in [7, 11) is 3.15. The van der Waals surface area contributed by atoms with Crippen LogP contribution in [0.3, 0.4) is 0 Å². The van der Waals surface area contributed by atoms with Crippen molar-refractivity contribution in [1.82, 2.24) is 5.32 Å². The van der Waals surface area contributed by atoms with Gasteiger partial charge in [0.15, 0.2) is 0 Å². The number of benzene rings is 2. The number of hydrogen-bond acceptors (Lipinski definition) is 4. The van der Waals surface area contributed by atoms with Crippen LogP contribution in [0.4, 0.5) is 0 Å². The van der Waals surface area contributed by atoms with Crippen LogP contribution in [0.2, 0.25) is 0 Å². The molecule has 1 amide bonds. The Morgan fingerprint density at radius 2 is 1.86 bits per heavy atom. The molecule has 1 unspecified atom stereocenters. The van der Waals surface area contributed by atoms with Crippen molar-refractivity contribution in [3.63, 3.8) is 0 Å². The molecular weight excluding hydrogens is 282 g/mol. The second kappa shape index (κ2) is 6.85. The van der Waals surface area contributed by atoms with Gasteiger partial charge in [-0.15, -0.1) is 0 Å². The van der Waals surface area contributed by atoms with E-state index in [0.29, 0.717) is 11.5 Å². The normalized spacial score (nSPS) is 11.6. The minimum absolute atomic E-state index is 0.0511. The second-order valence-corrected chi connectivity index (χ2v) is 4.82. The second-order valence-electron chi connectivity index (χ2n) is 4.82. The molecule has 0 aliphatic heterocycles. The molecule has 0 aliphatic rings. The first-order chi connectivity index (χ1) is 10.6. The summed E-state index contributed by atoms with van der Waals surface area (Å²) in [6, 6.07) is 11.5. The summed E-state index contributed by atoms with van der Waals surface area (Å²) in [4.78, 5) is 12.3. The Hall–Kier alpha value is -2.69. The molecule has 5 nitrogen and oxygen atoms in total. The van der Waals surface area contributed by atoms with Gasteiger partial charge in [0.05, 0.1) is 25.8 Å². The SMILES string of the molecule is COc1ccc(OC)c(C(C)NC(=O)c2ccccc2O)c1. The Labute approximate surface area is 129 Å². The van der Waals surface area contributed by atoms with Crippen LogP contribution in [0.5, 0.6) is 17.2 Å². The van der Waals surface area contributed by atoms with Crippen molar-refractivity contribution >= 4 is 5.91 Å². The number of phenolic OH excluding ortho intramolecular Hbond substituents is 1. The number of phenols is 1. The molecule has 0 radical (unpaired) electrons. The lowest BCUT2D eigenvalue weighted by molar-refractivity contribution is 0.0937. The zero-order valence-corrected chi connectivity index (χ0v) is 12.8. The summed E-state index contributed by atoms with van der Waals surface area (Å²) in [5, 5.41) is 12.6. The molecule has 2 N–H and O–H groups in total. The van der Waals surface area contributed by atoms with Gasteiger partial charge >= 0.3 is 0 Å². The van der Waals surface area contributed by atoms with Crippen molar-refractivity contribution in [2.75, 3.05) is 14.2 Å². The molecule has 2 aromatic carbocycles. The maximum absolute atomic E-state index is 12.3. The van der Waals surface area contributed by atoms with Gasteiger partial charge in [-0.25, -0.2) is 0 Å². The highest BCUT2D eigenvalue weighted by Gasteiger charge is 2.17. The van der Waals surface area contributed by atoms with Crippen LogP contribution in [-0.4, -0.2) is 25.2 Å². The van der Waals surface area contributed by atoms with Gasteiger partial charge < -0.3 is 19.9 Å². The number of amides is 1. The third kappa shape index (κ3) is 3.31. The first kappa shape index (κ1) is 15.7. The summed E-state index contributed by atoms with van der Waals surface area (Å²) in [5.74, 6) is 0.936. The Morgan fingerprint density at radius 3 is 2.50 bits per heavy atom. The third-order valence-corrected chi connectivity index (χ3v) is 3.40. The number of para-hydroxylation sites is 1. The highest BCUT2D eigenvalue weighted by atomic mass is 16.5. The predicted octanol–water partition coefficient (Wildman–Crippen LogP) is 2.90. The molecule has 0 bridgehead atoms. The lowest BCUT2D eigenvalue weighted by Crippen LogP contribution is -2.27. The Morgan fingerprint density at radius 1 is 1.14 bits per heavy atom. The fourth-order valence-corrected chi connectivity index (χ4v) is 2.20. The van der Waals surface area contributed by atoms with E-state index in [9.17, 15) is 9.90 Å².